The molecule has 0 aliphatic carbocycles. The van der Waals surface area contributed by atoms with Crippen molar-refractivity contribution < 1.29 is 4.74 Å². The van der Waals surface area contributed by atoms with Gasteiger partial charge >= 0.3 is 0 Å². The van der Waals surface area contributed by atoms with E-state index in [-0.39, 0.29) is 0 Å². The van der Waals surface area contributed by atoms with E-state index in [0.717, 1.165) is 28.6 Å². The van der Waals surface area contributed by atoms with E-state index < -0.39 is 0 Å². The van der Waals surface area contributed by atoms with Gasteiger partial charge in [0.25, 0.3) is 0 Å². The first kappa shape index (κ1) is 13.6. The molecule has 0 bridgehead atoms. The van der Waals surface area contributed by atoms with Crippen molar-refractivity contribution in [2.45, 2.75) is 13.0 Å². The molecular formula is C18H18N2O. The first-order chi connectivity index (χ1) is 10.3. The average Bonchev–Trinajstić information content (AvgIpc) is 2.54. The third-order valence-electron chi connectivity index (χ3n) is 3.43. The topological polar surface area (TPSA) is 48.1 Å². The van der Waals surface area contributed by atoms with Gasteiger partial charge in [-0.25, -0.2) is 0 Å². The van der Waals surface area contributed by atoms with Crippen molar-refractivity contribution in [1.29, 1.82) is 0 Å². The van der Waals surface area contributed by atoms with Gasteiger partial charge in [0.15, 0.2) is 0 Å². The fraction of sp³-hybridized carbons (Fsp3) is 0.167. The molecule has 3 aromatic rings. The van der Waals surface area contributed by atoms with Crippen LogP contribution in [-0.2, 0) is 13.0 Å². The molecule has 2 N–H and O–H groups in total. The van der Waals surface area contributed by atoms with Crippen LogP contribution < -0.4 is 10.5 Å². The molecule has 0 amide bonds. The summed E-state index contributed by atoms with van der Waals surface area (Å²) in [5, 5.41) is 1.09. The number of rotatable bonds is 5. The molecule has 3 nitrogen and oxygen atoms in total. The summed E-state index contributed by atoms with van der Waals surface area (Å²) in [5.74, 6) is 0.791. The summed E-state index contributed by atoms with van der Waals surface area (Å²) in [6.07, 6.45) is 2.68. The molecule has 21 heavy (non-hydrogen) atoms. The first-order valence-corrected chi connectivity index (χ1v) is 7.10. The number of nitrogens with two attached hydrogens (primary N) is 1. The molecule has 3 heteroatoms. The lowest BCUT2D eigenvalue weighted by molar-refractivity contribution is 0.305. The van der Waals surface area contributed by atoms with Gasteiger partial charge in [-0.3, -0.25) is 4.98 Å². The summed E-state index contributed by atoms with van der Waals surface area (Å²) in [5.41, 5.74) is 8.93. The maximum atomic E-state index is 5.81. The van der Waals surface area contributed by atoms with Gasteiger partial charge < -0.3 is 10.5 Å². The van der Waals surface area contributed by atoms with Crippen LogP contribution in [0.25, 0.3) is 10.9 Å². The van der Waals surface area contributed by atoms with E-state index in [0.29, 0.717) is 13.2 Å². The van der Waals surface area contributed by atoms with Crippen LogP contribution in [-0.4, -0.2) is 11.5 Å². The molecule has 0 unspecified atom stereocenters. The molecule has 0 saturated carbocycles. The normalized spacial score (nSPS) is 10.7. The highest BCUT2D eigenvalue weighted by Crippen LogP contribution is 2.19. The van der Waals surface area contributed by atoms with Crippen LogP contribution in [0.4, 0.5) is 0 Å². The van der Waals surface area contributed by atoms with Gasteiger partial charge in [-0.15, -0.1) is 0 Å². The van der Waals surface area contributed by atoms with Crippen LogP contribution in [0.3, 0.4) is 0 Å². The largest absolute Gasteiger partial charge is 0.487 e. The summed E-state index contributed by atoms with van der Waals surface area (Å²) < 4.78 is 5.81. The van der Waals surface area contributed by atoms with Gasteiger partial charge in [0.2, 0.25) is 0 Å². The summed E-state index contributed by atoms with van der Waals surface area (Å²) in [6, 6.07) is 18.4. The molecule has 0 spiro atoms. The lowest BCUT2D eigenvalue weighted by atomic mass is 10.1. The maximum absolute atomic E-state index is 5.81. The van der Waals surface area contributed by atoms with E-state index in [1.54, 1.807) is 6.20 Å². The van der Waals surface area contributed by atoms with Crippen LogP contribution in [0.5, 0.6) is 5.75 Å². The molecular weight excluding hydrogens is 260 g/mol. The van der Waals surface area contributed by atoms with Crippen molar-refractivity contribution >= 4 is 10.9 Å². The molecule has 1 heterocycles. The summed E-state index contributed by atoms with van der Waals surface area (Å²) >= 11 is 0. The molecule has 0 radical (unpaired) electrons. The van der Waals surface area contributed by atoms with E-state index in [2.05, 4.69) is 29.2 Å². The molecule has 0 fully saturated rings. The Labute approximate surface area is 124 Å². The predicted octanol–water partition coefficient (Wildman–Crippen LogP) is 3.32. The summed E-state index contributed by atoms with van der Waals surface area (Å²) in [4.78, 5) is 4.39. The number of hydrogen-bond acceptors (Lipinski definition) is 3. The fourth-order valence-electron chi connectivity index (χ4n) is 2.27. The Kier molecular flexibility index (Phi) is 4.12. The first-order valence-electron chi connectivity index (χ1n) is 7.10. The Morgan fingerprint density at radius 3 is 2.52 bits per heavy atom. The second kappa shape index (κ2) is 6.37. The van der Waals surface area contributed by atoms with Crippen molar-refractivity contribution in [3.8, 4) is 5.75 Å². The van der Waals surface area contributed by atoms with Crippen LogP contribution in [0.15, 0.2) is 60.8 Å². The van der Waals surface area contributed by atoms with Crippen molar-refractivity contribution in [3.05, 3.63) is 71.9 Å². The molecule has 0 atom stereocenters. The zero-order chi connectivity index (χ0) is 14.5. The Balaban J connectivity index is 1.68. The highest BCUT2D eigenvalue weighted by molar-refractivity contribution is 5.79. The minimum atomic E-state index is 0.545. The second-order valence-corrected chi connectivity index (χ2v) is 5.01. The molecule has 106 valence electrons. The smallest absolute Gasteiger partial charge is 0.138 e. The maximum Gasteiger partial charge on any atom is 0.138 e. The molecule has 0 saturated heterocycles. The highest BCUT2D eigenvalue weighted by atomic mass is 16.5. The minimum absolute atomic E-state index is 0.545. The summed E-state index contributed by atoms with van der Waals surface area (Å²) in [6.45, 7) is 1.22. The Morgan fingerprint density at radius 1 is 0.952 bits per heavy atom. The lowest BCUT2D eigenvalue weighted by Gasteiger charge is -2.07. The zero-order valence-corrected chi connectivity index (χ0v) is 11.8. The standard InChI is InChI=1S/C18H18N2O/c19-10-9-14-5-7-15(8-6-14)13-21-17-11-16-3-1-2-4-18(16)20-12-17/h1-8,11-12H,9-10,13,19H2. The van der Waals surface area contributed by atoms with Crippen molar-refractivity contribution in [2.24, 2.45) is 5.73 Å². The quantitative estimate of drug-likeness (QED) is 0.779. The second-order valence-electron chi connectivity index (χ2n) is 5.01. The van der Waals surface area contributed by atoms with Crippen LogP contribution >= 0.6 is 0 Å². The zero-order valence-electron chi connectivity index (χ0n) is 11.8. The number of hydrogen-bond donors (Lipinski definition) is 1. The molecule has 2 aromatic carbocycles. The number of benzene rings is 2. The molecule has 0 aliphatic heterocycles. The Bertz CT molecular complexity index is 723. The minimum Gasteiger partial charge on any atom is -0.487 e. The van der Waals surface area contributed by atoms with Gasteiger partial charge in [-0.05, 0) is 36.2 Å². The third kappa shape index (κ3) is 3.38. The van der Waals surface area contributed by atoms with Crippen molar-refractivity contribution in [3.63, 3.8) is 0 Å². The van der Waals surface area contributed by atoms with Crippen molar-refractivity contribution in [1.82, 2.24) is 4.98 Å². The number of fused-ring (bicyclic) bond motifs is 1. The van der Waals surface area contributed by atoms with Gasteiger partial charge in [0.05, 0.1) is 11.7 Å². The predicted molar refractivity (Wildman–Crippen MR) is 85.3 cm³/mol. The lowest BCUT2D eigenvalue weighted by Crippen LogP contribution is -2.03. The van der Waals surface area contributed by atoms with Crippen LogP contribution in [0.1, 0.15) is 11.1 Å². The highest BCUT2D eigenvalue weighted by Gasteiger charge is 2.00. The van der Waals surface area contributed by atoms with Gasteiger partial charge in [-0.1, -0.05) is 42.5 Å². The Morgan fingerprint density at radius 2 is 1.71 bits per heavy atom. The van der Waals surface area contributed by atoms with E-state index in [1.807, 2.05) is 30.3 Å². The SMILES string of the molecule is NCCc1ccc(COc2cnc3ccccc3c2)cc1. The number of ether oxygens (including phenoxy) is 1. The van der Waals surface area contributed by atoms with E-state index in [1.165, 1.54) is 5.56 Å². The molecule has 0 aliphatic rings. The average molecular weight is 278 g/mol. The Hall–Kier alpha value is -2.39. The van der Waals surface area contributed by atoms with E-state index in [4.69, 9.17) is 10.5 Å². The van der Waals surface area contributed by atoms with Crippen molar-refractivity contribution in [2.75, 3.05) is 6.54 Å². The molecule has 3 rings (SSSR count). The molecule has 1 aromatic heterocycles. The van der Waals surface area contributed by atoms with Gasteiger partial charge in [0.1, 0.15) is 12.4 Å². The van der Waals surface area contributed by atoms with Crippen LogP contribution in [0.2, 0.25) is 0 Å². The fourth-order valence-corrected chi connectivity index (χ4v) is 2.27. The van der Waals surface area contributed by atoms with E-state index in [9.17, 15) is 0 Å². The van der Waals surface area contributed by atoms with Gasteiger partial charge in [0, 0.05) is 5.39 Å². The van der Waals surface area contributed by atoms with E-state index >= 15 is 0 Å². The number of pyridine rings is 1. The number of nitrogens with zero attached hydrogens (tertiary/aromatic N) is 1. The monoisotopic (exact) mass is 278 g/mol. The van der Waals surface area contributed by atoms with Gasteiger partial charge in [-0.2, -0.15) is 0 Å². The summed E-state index contributed by atoms with van der Waals surface area (Å²) in [7, 11) is 0. The third-order valence-corrected chi connectivity index (χ3v) is 3.43. The van der Waals surface area contributed by atoms with Crippen LogP contribution in [0, 0.1) is 0 Å². The number of aromatic nitrogens is 1. The number of para-hydroxylation sites is 1.